The maximum atomic E-state index is 12.6. The van der Waals surface area contributed by atoms with E-state index in [1.165, 1.54) is 0 Å². The number of pyridine rings is 1. The Hall–Kier alpha value is -3.58. The number of sulfone groups is 1. The van der Waals surface area contributed by atoms with Gasteiger partial charge in [-0.15, -0.1) is 0 Å². The van der Waals surface area contributed by atoms with E-state index in [-0.39, 0.29) is 5.75 Å². The molecule has 1 aliphatic heterocycles. The molecule has 32 heavy (non-hydrogen) atoms. The second-order valence-electron chi connectivity index (χ2n) is 7.58. The van der Waals surface area contributed by atoms with Crippen molar-refractivity contribution in [3.8, 4) is 11.5 Å². The summed E-state index contributed by atoms with van der Waals surface area (Å²) in [6, 6.07) is 21.0. The fraction of sp³-hybridized carbons (Fsp3) is 0.160. The van der Waals surface area contributed by atoms with Crippen LogP contribution in [0.2, 0.25) is 0 Å². The molecule has 0 bridgehead atoms. The van der Waals surface area contributed by atoms with E-state index < -0.39 is 9.84 Å². The summed E-state index contributed by atoms with van der Waals surface area (Å²) in [4.78, 5) is 7.02. The van der Waals surface area contributed by atoms with Gasteiger partial charge in [-0.1, -0.05) is 18.2 Å². The first-order chi connectivity index (χ1) is 15.5. The highest BCUT2D eigenvalue weighted by molar-refractivity contribution is 7.91. The maximum Gasteiger partial charge on any atom is 0.179 e. The zero-order chi connectivity index (χ0) is 22.3. The molecule has 0 N–H and O–H groups in total. The molecule has 0 fully saturated rings. The monoisotopic (exact) mass is 446 g/mol. The Labute approximate surface area is 187 Å². The van der Waals surface area contributed by atoms with Crippen LogP contribution >= 0.6 is 0 Å². The van der Waals surface area contributed by atoms with Crippen LogP contribution in [0.3, 0.4) is 0 Å². The number of anilines is 3. The van der Waals surface area contributed by atoms with Gasteiger partial charge in [0.25, 0.3) is 0 Å². The third kappa shape index (κ3) is 3.35. The summed E-state index contributed by atoms with van der Waals surface area (Å²) in [7, 11) is -0.0443. The number of hydrogen-bond acceptors (Lipinski definition) is 6. The van der Waals surface area contributed by atoms with E-state index in [9.17, 15) is 8.42 Å². The van der Waals surface area contributed by atoms with Crippen LogP contribution in [0.25, 0.3) is 10.9 Å². The molecule has 2 heterocycles. The number of fused-ring (bicyclic) bond motifs is 3. The highest BCUT2D eigenvalue weighted by Gasteiger charge is 2.30. The summed E-state index contributed by atoms with van der Waals surface area (Å²) in [5.74, 6) is 1.44. The van der Waals surface area contributed by atoms with Crippen molar-refractivity contribution >= 4 is 37.8 Å². The van der Waals surface area contributed by atoms with Crippen molar-refractivity contribution in [2.24, 2.45) is 0 Å². The highest BCUT2D eigenvalue weighted by Crippen LogP contribution is 2.44. The minimum absolute atomic E-state index is 0.119. The molecule has 0 amide bonds. The van der Waals surface area contributed by atoms with Crippen LogP contribution in [0.5, 0.6) is 11.5 Å². The van der Waals surface area contributed by atoms with Gasteiger partial charge >= 0.3 is 0 Å². The molecule has 0 saturated heterocycles. The van der Waals surface area contributed by atoms with Gasteiger partial charge in [0.1, 0.15) is 11.5 Å². The fourth-order valence-corrected chi connectivity index (χ4v) is 5.83. The molecule has 0 atom stereocenters. The van der Waals surface area contributed by atoms with E-state index >= 15 is 0 Å². The van der Waals surface area contributed by atoms with Gasteiger partial charge in [-0.05, 0) is 42.3 Å². The lowest BCUT2D eigenvalue weighted by atomic mass is 10.0. The first-order valence-electron chi connectivity index (χ1n) is 10.2. The highest BCUT2D eigenvalue weighted by atomic mass is 32.2. The van der Waals surface area contributed by atoms with Crippen LogP contribution in [-0.4, -0.2) is 33.4 Å². The predicted molar refractivity (Wildman–Crippen MR) is 125 cm³/mol. The third-order valence-corrected chi connectivity index (χ3v) is 7.55. The maximum absolute atomic E-state index is 12.6. The van der Waals surface area contributed by atoms with E-state index in [0.717, 1.165) is 33.5 Å². The molecule has 6 nitrogen and oxygen atoms in total. The summed E-state index contributed by atoms with van der Waals surface area (Å²) in [6.45, 7) is 0. The molecule has 5 rings (SSSR count). The minimum Gasteiger partial charge on any atom is -0.497 e. The van der Waals surface area contributed by atoms with Gasteiger partial charge in [0, 0.05) is 35.5 Å². The van der Waals surface area contributed by atoms with E-state index in [2.05, 4.69) is 9.88 Å². The Bertz CT molecular complexity index is 1400. The van der Waals surface area contributed by atoms with Crippen LogP contribution in [0.1, 0.15) is 5.56 Å². The number of benzene rings is 3. The average molecular weight is 447 g/mol. The minimum atomic E-state index is -3.28. The summed E-state index contributed by atoms with van der Waals surface area (Å²) in [6.07, 6.45) is 2.22. The Morgan fingerprint density at radius 3 is 2.28 bits per heavy atom. The number of ether oxygens (including phenoxy) is 2. The second kappa shape index (κ2) is 7.84. The lowest BCUT2D eigenvalue weighted by Crippen LogP contribution is -2.12. The van der Waals surface area contributed by atoms with Gasteiger partial charge in [0.2, 0.25) is 0 Å². The number of nitrogens with zero attached hydrogens (tertiary/aromatic N) is 2. The lowest BCUT2D eigenvalue weighted by molar-refractivity contribution is 0.394. The Kier molecular flexibility index (Phi) is 4.98. The quantitative estimate of drug-likeness (QED) is 0.427. The molecule has 3 aromatic carbocycles. The van der Waals surface area contributed by atoms with Crippen LogP contribution in [0.15, 0.2) is 77.8 Å². The molecular formula is C25H22N2O4S. The first kappa shape index (κ1) is 20.3. The SMILES string of the molecule is COc1cc(OC)cc(N(c2ccccc2)c2ccnc3ccc4c(c23)CCS4(=O)=O)c1. The molecule has 162 valence electrons. The van der Waals surface area contributed by atoms with Crippen LogP contribution in [0, 0.1) is 0 Å². The summed E-state index contributed by atoms with van der Waals surface area (Å²) >= 11 is 0. The van der Waals surface area contributed by atoms with Crippen molar-refractivity contribution in [3.63, 3.8) is 0 Å². The second-order valence-corrected chi connectivity index (χ2v) is 9.65. The smallest absolute Gasteiger partial charge is 0.179 e. The van der Waals surface area contributed by atoms with Gasteiger partial charge in [-0.3, -0.25) is 4.98 Å². The molecule has 0 radical (unpaired) electrons. The zero-order valence-corrected chi connectivity index (χ0v) is 18.6. The van der Waals surface area contributed by atoms with Crippen molar-refractivity contribution < 1.29 is 17.9 Å². The summed E-state index contributed by atoms with van der Waals surface area (Å²) in [5, 5.41) is 0.844. The zero-order valence-electron chi connectivity index (χ0n) is 17.8. The van der Waals surface area contributed by atoms with Crippen molar-refractivity contribution in [2.75, 3.05) is 24.9 Å². The van der Waals surface area contributed by atoms with Gasteiger partial charge in [0.15, 0.2) is 9.84 Å². The van der Waals surface area contributed by atoms with Gasteiger partial charge < -0.3 is 14.4 Å². The first-order valence-corrected chi connectivity index (χ1v) is 11.9. The van der Waals surface area contributed by atoms with Crippen LogP contribution in [0.4, 0.5) is 17.1 Å². The van der Waals surface area contributed by atoms with E-state index in [1.54, 1.807) is 32.5 Å². The summed E-state index contributed by atoms with van der Waals surface area (Å²) < 4.78 is 36.3. The van der Waals surface area contributed by atoms with Gasteiger partial charge in [-0.25, -0.2) is 8.42 Å². The molecule has 0 saturated carbocycles. The van der Waals surface area contributed by atoms with Crippen LogP contribution < -0.4 is 14.4 Å². The normalized spacial score (nSPS) is 14.2. The molecule has 0 aliphatic carbocycles. The Balaban J connectivity index is 1.84. The average Bonchev–Trinajstić information content (AvgIpc) is 3.14. The number of hydrogen-bond donors (Lipinski definition) is 0. The molecule has 7 heteroatoms. The number of aromatic nitrogens is 1. The lowest BCUT2D eigenvalue weighted by Gasteiger charge is -2.28. The van der Waals surface area contributed by atoms with E-state index in [0.29, 0.717) is 22.8 Å². The van der Waals surface area contributed by atoms with E-state index in [4.69, 9.17) is 9.47 Å². The summed E-state index contributed by atoms with van der Waals surface area (Å²) in [5.41, 5.74) is 4.19. The van der Waals surface area contributed by atoms with Gasteiger partial charge in [0.05, 0.1) is 41.8 Å². The van der Waals surface area contributed by atoms with Crippen molar-refractivity contribution in [1.82, 2.24) is 4.98 Å². The molecule has 1 aromatic heterocycles. The van der Waals surface area contributed by atoms with Crippen LogP contribution in [-0.2, 0) is 16.3 Å². The van der Waals surface area contributed by atoms with Crippen molar-refractivity contribution in [3.05, 3.63) is 78.5 Å². The number of para-hydroxylation sites is 1. The molecule has 1 aliphatic rings. The molecule has 4 aromatic rings. The van der Waals surface area contributed by atoms with Crippen molar-refractivity contribution in [1.29, 1.82) is 0 Å². The Morgan fingerprint density at radius 1 is 0.875 bits per heavy atom. The topological polar surface area (TPSA) is 68.7 Å². The van der Waals surface area contributed by atoms with E-state index in [1.807, 2.05) is 54.6 Å². The molecule has 0 unspecified atom stereocenters. The largest absolute Gasteiger partial charge is 0.497 e. The number of rotatable bonds is 5. The van der Waals surface area contributed by atoms with Crippen molar-refractivity contribution in [2.45, 2.75) is 11.3 Å². The Morgan fingerprint density at radius 2 is 1.59 bits per heavy atom. The number of methoxy groups -OCH3 is 2. The van der Waals surface area contributed by atoms with Gasteiger partial charge in [-0.2, -0.15) is 0 Å². The standard InChI is InChI=1S/C25H22N2O4S/c1-30-19-14-18(15-20(16-19)31-2)27(17-6-4-3-5-7-17)23-10-12-26-22-8-9-24-21(25(22)23)11-13-32(24,28)29/h3-10,12,14-16H,11,13H2,1-2H3. The molecular weight excluding hydrogens is 424 g/mol. The number of aryl methyl sites for hydroxylation is 1. The third-order valence-electron chi connectivity index (χ3n) is 5.76. The fourth-order valence-electron chi connectivity index (χ4n) is 4.28. The predicted octanol–water partition coefficient (Wildman–Crippen LogP) is 5.05. The molecule has 0 spiro atoms.